The summed E-state index contributed by atoms with van der Waals surface area (Å²) in [6.07, 6.45) is 2.63. The molecular formula is C7H14ClNO2S. The first kappa shape index (κ1) is 12.1. The highest BCUT2D eigenvalue weighted by atomic mass is 35.5. The maximum Gasteiger partial charge on any atom is 0.321 e. The van der Waals surface area contributed by atoms with Crippen LogP contribution >= 0.6 is 24.2 Å². The van der Waals surface area contributed by atoms with Crippen LogP contribution in [0.3, 0.4) is 0 Å². The van der Waals surface area contributed by atoms with Crippen LogP contribution in [0.1, 0.15) is 12.8 Å². The van der Waals surface area contributed by atoms with Gasteiger partial charge in [-0.25, -0.2) is 0 Å². The van der Waals surface area contributed by atoms with Crippen LogP contribution in [-0.2, 0) is 4.79 Å². The van der Waals surface area contributed by atoms with Crippen molar-refractivity contribution in [3.63, 3.8) is 0 Å². The Morgan fingerprint density at radius 1 is 1.67 bits per heavy atom. The Hall–Kier alpha value is 0.0700. The van der Waals surface area contributed by atoms with Crippen LogP contribution in [0.15, 0.2) is 0 Å². The molecule has 0 amide bonds. The third kappa shape index (κ3) is 4.85. The lowest BCUT2D eigenvalue weighted by atomic mass is 10.4. The molecule has 1 saturated carbocycles. The third-order valence-corrected chi connectivity index (χ3v) is 2.97. The zero-order valence-corrected chi connectivity index (χ0v) is 8.37. The summed E-state index contributed by atoms with van der Waals surface area (Å²) in [4.78, 5) is 10.3. The first-order chi connectivity index (χ1) is 5.20. The summed E-state index contributed by atoms with van der Waals surface area (Å²) in [6, 6.07) is -0.682. The van der Waals surface area contributed by atoms with Crippen molar-refractivity contribution in [2.24, 2.45) is 11.7 Å². The van der Waals surface area contributed by atoms with Gasteiger partial charge >= 0.3 is 5.97 Å². The Morgan fingerprint density at radius 3 is 2.67 bits per heavy atom. The van der Waals surface area contributed by atoms with Crippen LogP contribution in [0.2, 0.25) is 0 Å². The van der Waals surface area contributed by atoms with Crippen molar-refractivity contribution in [3.05, 3.63) is 0 Å². The van der Waals surface area contributed by atoms with Crippen LogP contribution in [0.4, 0.5) is 0 Å². The van der Waals surface area contributed by atoms with Gasteiger partial charge < -0.3 is 10.8 Å². The number of nitrogens with two attached hydrogens (primary N) is 1. The fourth-order valence-electron chi connectivity index (χ4n) is 0.717. The maximum absolute atomic E-state index is 10.3. The highest BCUT2D eigenvalue weighted by Gasteiger charge is 2.21. The molecule has 5 heteroatoms. The van der Waals surface area contributed by atoms with Gasteiger partial charge in [-0.3, -0.25) is 4.79 Å². The number of rotatable bonds is 5. The normalized spacial score (nSPS) is 18.1. The predicted molar refractivity (Wildman–Crippen MR) is 52.9 cm³/mol. The van der Waals surface area contributed by atoms with E-state index in [1.54, 1.807) is 11.8 Å². The topological polar surface area (TPSA) is 63.3 Å². The Morgan fingerprint density at radius 2 is 2.25 bits per heavy atom. The predicted octanol–water partition coefficient (Wildman–Crippen LogP) is 0.963. The van der Waals surface area contributed by atoms with Crippen molar-refractivity contribution in [1.29, 1.82) is 0 Å². The third-order valence-electron chi connectivity index (χ3n) is 1.67. The van der Waals surface area contributed by atoms with E-state index in [9.17, 15) is 4.79 Å². The van der Waals surface area contributed by atoms with Gasteiger partial charge in [-0.1, -0.05) is 0 Å². The molecule has 0 aromatic rings. The molecule has 0 aliphatic heterocycles. The van der Waals surface area contributed by atoms with Crippen LogP contribution in [0.25, 0.3) is 0 Å². The van der Waals surface area contributed by atoms with E-state index in [1.807, 2.05) is 0 Å². The molecule has 0 saturated heterocycles. The number of thioether (sulfide) groups is 1. The SMILES string of the molecule is Cl.NC(CSCC1CC1)C(=O)O. The summed E-state index contributed by atoms with van der Waals surface area (Å²) in [5, 5.41) is 8.42. The summed E-state index contributed by atoms with van der Waals surface area (Å²) in [6.45, 7) is 0. The number of hydrogen-bond donors (Lipinski definition) is 2. The number of halogens is 1. The second kappa shape index (κ2) is 5.67. The van der Waals surface area contributed by atoms with Gasteiger partial charge in [-0.05, 0) is 24.5 Å². The molecule has 0 radical (unpaired) electrons. The maximum atomic E-state index is 10.3. The molecule has 0 aromatic heterocycles. The van der Waals surface area contributed by atoms with Gasteiger partial charge in [0.1, 0.15) is 6.04 Å². The van der Waals surface area contributed by atoms with Gasteiger partial charge in [0, 0.05) is 5.75 Å². The smallest absolute Gasteiger partial charge is 0.321 e. The minimum atomic E-state index is -0.895. The van der Waals surface area contributed by atoms with Gasteiger partial charge in [0.05, 0.1) is 0 Å². The molecule has 0 spiro atoms. The molecule has 1 aliphatic rings. The molecule has 1 unspecified atom stereocenters. The molecule has 3 N–H and O–H groups in total. The van der Waals surface area contributed by atoms with Gasteiger partial charge in [-0.2, -0.15) is 11.8 Å². The summed E-state index contributed by atoms with van der Waals surface area (Å²) < 4.78 is 0. The van der Waals surface area contributed by atoms with Crippen LogP contribution in [-0.4, -0.2) is 28.6 Å². The van der Waals surface area contributed by atoms with E-state index < -0.39 is 12.0 Å². The minimum Gasteiger partial charge on any atom is -0.480 e. The Kier molecular flexibility index (Phi) is 5.70. The number of carboxylic acids is 1. The average Bonchev–Trinajstić information content (AvgIpc) is 2.71. The lowest BCUT2D eigenvalue weighted by molar-refractivity contribution is -0.137. The molecule has 0 aromatic carbocycles. The van der Waals surface area contributed by atoms with Crippen molar-refractivity contribution >= 4 is 30.1 Å². The van der Waals surface area contributed by atoms with Crippen molar-refractivity contribution < 1.29 is 9.90 Å². The monoisotopic (exact) mass is 211 g/mol. The standard InChI is InChI=1S/C7H13NO2S.ClH/c8-6(7(9)10)4-11-3-5-1-2-5;/h5-6H,1-4,8H2,(H,9,10);1H. The van der Waals surface area contributed by atoms with E-state index in [4.69, 9.17) is 10.8 Å². The van der Waals surface area contributed by atoms with Gasteiger partial charge in [-0.15, -0.1) is 12.4 Å². The van der Waals surface area contributed by atoms with Crippen LogP contribution in [0.5, 0.6) is 0 Å². The van der Waals surface area contributed by atoms with Crippen molar-refractivity contribution in [1.82, 2.24) is 0 Å². The lowest BCUT2D eigenvalue weighted by Crippen LogP contribution is -2.32. The Labute approximate surface area is 82.5 Å². The summed E-state index contributed by atoms with van der Waals surface area (Å²) in [5.74, 6) is 1.58. The van der Waals surface area contributed by atoms with E-state index in [0.717, 1.165) is 11.7 Å². The van der Waals surface area contributed by atoms with Gasteiger partial charge in [0.25, 0.3) is 0 Å². The average molecular weight is 212 g/mol. The number of carbonyl (C=O) groups is 1. The van der Waals surface area contributed by atoms with Crippen molar-refractivity contribution in [2.45, 2.75) is 18.9 Å². The van der Waals surface area contributed by atoms with Crippen LogP contribution < -0.4 is 5.73 Å². The quantitative estimate of drug-likeness (QED) is 0.711. The summed E-state index contributed by atoms with van der Waals surface area (Å²) >= 11 is 1.65. The molecule has 1 aliphatic carbocycles. The molecule has 1 rings (SSSR count). The van der Waals surface area contributed by atoms with Crippen molar-refractivity contribution in [2.75, 3.05) is 11.5 Å². The van der Waals surface area contributed by atoms with E-state index in [1.165, 1.54) is 12.8 Å². The van der Waals surface area contributed by atoms with Gasteiger partial charge in [0.2, 0.25) is 0 Å². The van der Waals surface area contributed by atoms with Crippen molar-refractivity contribution in [3.8, 4) is 0 Å². The Bertz CT molecular complexity index is 152. The highest BCUT2D eigenvalue weighted by molar-refractivity contribution is 7.99. The van der Waals surface area contributed by atoms with E-state index in [2.05, 4.69) is 0 Å². The second-order valence-corrected chi connectivity index (χ2v) is 4.00. The lowest BCUT2D eigenvalue weighted by Gasteiger charge is -2.04. The fraction of sp³-hybridized carbons (Fsp3) is 0.857. The molecule has 1 atom stereocenters. The van der Waals surface area contributed by atoms with E-state index >= 15 is 0 Å². The molecule has 0 bridgehead atoms. The zero-order chi connectivity index (χ0) is 8.27. The van der Waals surface area contributed by atoms with E-state index in [0.29, 0.717) is 5.75 Å². The highest BCUT2D eigenvalue weighted by Crippen LogP contribution is 2.32. The molecular weight excluding hydrogens is 198 g/mol. The summed E-state index contributed by atoms with van der Waals surface area (Å²) in [5.41, 5.74) is 5.30. The first-order valence-corrected chi connectivity index (χ1v) is 4.91. The molecule has 1 fully saturated rings. The number of aliphatic carboxylic acids is 1. The fourth-order valence-corrected chi connectivity index (χ4v) is 1.92. The van der Waals surface area contributed by atoms with Gasteiger partial charge in [0.15, 0.2) is 0 Å². The number of hydrogen-bond acceptors (Lipinski definition) is 3. The minimum absolute atomic E-state index is 0. The zero-order valence-electron chi connectivity index (χ0n) is 6.73. The Balaban J connectivity index is 0.00000121. The largest absolute Gasteiger partial charge is 0.480 e. The molecule has 72 valence electrons. The molecule has 12 heavy (non-hydrogen) atoms. The van der Waals surface area contributed by atoms with Crippen LogP contribution in [0, 0.1) is 5.92 Å². The molecule has 3 nitrogen and oxygen atoms in total. The summed E-state index contributed by atoms with van der Waals surface area (Å²) in [7, 11) is 0. The number of carboxylic acid groups (broad SMARTS) is 1. The first-order valence-electron chi connectivity index (χ1n) is 3.76. The second-order valence-electron chi connectivity index (χ2n) is 2.93. The van der Waals surface area contributed by atoms with E-state index in [-0.39, 0.29) is 12.4 Å². The molecule has 0 heterocycles.